The molecule has 0 bridgehead atoms. The largest absolute Gasteiger partial charge is 0.488 e. The number of nitrogens with zero attached hydrogens (tertiary/aromatic N) is 1. The average molecular weight is 405 g/mol. The highest BCUT2D eigenvalue weighted by molar-refractivity contribution is 6.42. The molecule has 0 saturated heterocycles. The summed E-state index contributed by atoms with van der Waals surface area (Å²) in [4.78, 5) is 12.6. The Morgan fingerprint density at radius 3 is 2.48 bits per heavy atom. The Labute approximate surface area is 167 Å². The van der Waals surface area contributed by atoms with Crippen LogP contribution in [0.2, 0.25) is 10.0 Å². The average Bonchev–Trinajstić information content (AvgIpc) is 2.99. The first-order valence-electron chi connectivity index (χ1n) is 8.27. The Bertz CT molecular complexity index is 979. The molecule has 1 N–H and O–H groups in total. The number of aromatic nitrogens is 1. The molecule has 0 atom stereocenters. The monoisotopic (exact) mass is 404 g/mol. The number of carbonyl (C=O) groups is 1. The molecule has 0 unspecified atom stereocenters. The van der Waals surface area contributed by atoms with E-state index in [1.165, 1.54) is 0 Å². The van der Waals surface area contributed by atoms with Crippen LogP contribution in [-0.4, -0.2) is 11.1 Å². The first kappa shape index (κ1) is 19.3. The number of rotatable bonds is 5. The van der Waals surface area contributed by atoms with Crippen molar-refractivity contribution in [2.75, 3.05) is 5.32 Å². The predicted molar refractivity (Wildman–Crippen MR) is 106 cm³/mol. The number of anilines is 1. The van der Waals surface area contributed by atoms with Gasteiger partial charge in [-0.2, -0.15) is 0 Å². The summed E-state index contributed by atoms with van der Waals surface area (Å²) in [7, 11) is 0. The van der Waals surface area contributed by atoms with E-state index in [1.54, 1.807) is 25.1 Å². The van der Waals surface area contributed by atoms with Crippen molar-refractivity contribution in [2.45, 2.75) is 27.4 Å². The van der Waals surface area contributed by atoms with Crippen LogP contribution in [0.3, 0.4) is 0 Å². The molecule has 1 amide bonds. The minimum absolute atomic E-state index is 0.171. The van der Waals surface area contributed by atoms with E-state index in [9.17, 15) is 4.79 Å². The summed E-state index contributed by atoms with van der Waals surface area (Å²) in [5, 5.41) is 7.39. The third-order valence-corrected chi connectivity index (χ3v) is 4.89. The van der Waals surface area contributed by atoms with Crippen molar-refractivity contribution in [3.8, 4) is 5.75 Å². The smallest absolute Gasteiger partial charge is 0.278 e. The number of aryl methyl sites for hydroxylation is 3. The van der Waals surface area contributed by atoms with Gasteiger partial charge in [-0.15, -0.1) is 0 Å². The molecule has 1 aromatic heterocycles. The number of halogens is 2. The Hall–Kier alpha value is -2.50. The summed E-state index contributed by atoms with van der Waals surface area (Å²) < 4.78 is 11.2. The number of hydrogen-bond donors (Lipinski definition) is 1. The van der Waals surface area contributed by atoms with Gasteiger partial charge in [0.1, 0.15) is 18.1 Å². The fraction of sp³-hybridized carbons (Fsp3) is 0.200. The van der Waals surface area contributed by atoms with Gasteiger partial charge in [0.25, 0.3) is 5.91 Å². The van der Waals surface area contributed by atoms with E-state index in [0.717, 1.165) is 16.9 Å². The van der Waals surface area contributed by atoms with E-state index in [2.05, 4.69) is 10.5 Å². The molecule has 2 aromatic carbocycles. The summed E-state index contributed by atoms with van der Waals surface area (Å²) in [6.45, 7) is 5.86. The number of ether oxygens (including phenoxy) is 1. The minimum atomic E-state index is -0.412. The zero-order valence-electron chi connectivity index (χ0n) is 15.1. The van der Waals surface area contributed by atoms with Crippen molar-refractivity contribution < 1.29 is 14.1 Å². The summed E-state index contributed by atoms with van der Waals surface area (Å²) in [5.41, 5.74) is 3.31. The van der Waals surface area contributed by atoms with Crippen LogP contribution in [-0.2, 0) is 6.61 Å². The second-order valence-corrected chi connectivity index (χ2v) is 6.97. The van der Waals surface area contributed by atoms with Crippen molar-refractivity contribution >= 4 is 34.8 Å². The summed E-state index contributed by atoms with van der Waals surface area (Å²) in [5.74, 6) is 0.903. The second kappa shape index (κ2) is 8.03. The first-order valence-corrected chi connectivity index (χ1v) is 9.03. The number of carbonyl (C=O) groups excluding carboxylic acids is 1. The van der Waals surface area contributed by atoms with E-state index in [0.29, 0.717) is 27.1 Å². The summed E-state index contributed by atoms with van der Waals surface area (Å²) >= 11 is 11.9. The van der Waals surface area contributed by atoms with E-state index < -0.39 is 5.91 Å². The molecule has 0 spiro atoms. The molecule has 0 aliphatic heterocycles. The Balaban J connectivity index is 1.79. The number of amides is 1. The quantitative estimate of drug-likeness (QED) is 0.588. The highest BCUT2D eigenvalue weighted by atomic mass is 35.5. The van der Waals surface area contributed by atoms with E-state index in [1.807, 2.05) is 32.0 Å². The lowest BCUT2D eigenvalue weighted by Crippen LogP contribution is -2.15. The fourth-order valence-electron chi connectivity index (χ4n) is 2.67. The highest BCUT2D eigenvalue weighted by Gasteiger charge is 2.21. The highest BCUT2D eigenvalue weighted by Crippen LogP contribution is 2.27. The second-order valence-electron chi connectivity index (χ2n) is 6.16. The lowest BCUT2D eigenvalue weighted by molar-refractivity contribution is 0.101. The van der Waals surface area contributed by atoms with Crippen LogP contribution < -0.4 is 10.1 Å². The number of benzene rings is 2. The summed E-state index contributed by atoms with van der Waals surface area (Å²) in [6, 6.07) is 10.8. The molecular formula is C20H18Cl2N2O3. The van der Waals surface area contributed by atoms with Crippen LogP contribution in [0.25, 0.3) is 0 Å². The van der Waals surface area contributed by atoms with Crippen LogP contribution in [0, 0.1) is 20.8 Å². The van der Waals surface area contributed by atoms with Crippen molar-refractivity contribution in [2.24, 2.45) is 0 Å². The molecule has 7 heteroatoms. The van der Waals surface area contributed by atoms with Gasteiger partial charge in [-0.3, -0.25) is 4.79 Å². The van der Waals surface area contributed by atoms with Gasteiger partial charge in [-0.25, -0.2) is 0 Å². The van der Waals surface area contributed by atoms with Crippen LogP contribution in [0.4, 0.5) is 5.69 Å². The SMILES string of the molecule is Cc1cccc(C)c1OCc1c(C(=O)Nc2ccc(Cl)c(Cl)c2)noc1C. The molecule has 0 saturated carbocycles. The Morgan fingerprint density at radius 1 is 1.11 bits per heavy atom. The Kier molecular flexibility index (Phi) is 5.73. The molecule has 0 aliphatic rings. The maximum atomic E-state index is 12.6. The maximum Gasteiger partial charge on any atom is 0.278 e. The van der Waals surface area contributed by atoms with Gasteiger partial charge in [-0.1, -0.05) is 46.6 Å². The van der Waals surface area contributed by atoms with Gasteiger partial charge in [0.15, 0.2) is 5.69 Å². The molecule has 27 heavy (non-hydrogen) atoms. The molecule has 140 valence electrons. The van der Waals surface area contributed by atoms with Gasteiger partial charge in [0.2, 0.25) is 0 Å². The number of para-hydroxylation sites is 1. The molecule has 5 nitrogen and oxygen atoms in total. The third-order valence-electron chi connectivity index (χ3n) is 4.15. The molecule has 3 rings (SSSR count). The molecule has 0 radical (unpaired) electrons. The Morgan fingerprint density at radius 2 is 1.81 bits per heavy atom. The van der Waals surface area contributed by atoms with Gasteiger partial charge >= 0.3 is 0 Å². The van der Waals surface area contributed by atoms with Crippen LogP contribution >= 0.6 is 23.2 Å². The summed E-state index contributed by atoms with van der Waals surface area (Å²) in [6.07, 6.45) is 0. The lowest BCUT2D eigenvalue weighted by Gasteiger charge is -2.12. The van der Waals surface area contributed by atoms with Crippen molar-refractivity contribution in [3.63, 3.8) is 0 Å². The molecule has 0 aliphatic carbocycles. The van der Waals surface area contributed by atoms with Crippen LogP contribution in [0.5, 0.6) is 5.75 Å². The normalized spacial score (nSPS) is 10.7. The maximum absolute atomic E-state index is 12.6. The van der Waals surface area contributed by atoms with Gasteiger partial charge in [0, 0.05) is 5.69 Å². The van der Waals surface area contributed by atoms with E-state index >= 15 is 0 Å². The number of hydrogen-bond acceptors (Lipinski definition) is 4. The van der Waals surface area contributed by atoms with E-state index in [4.69, 9.17) is 32.5 Å². The van der Waals surface area contributed by atoms with Gasteiger partial charge in [0.05, 0.1) is 15.6 Å². The first-order chi connectivity index (χ1) is 12.9. The molecule has 0 fully saturated rings. The van der Waals surface area contributed by atoms with Crippen molar-refractivity contribution in [1.29, 1.82) is 0 Å². The number of nitrogens with one attached hydrogen (secondary N) is 1. The fourth-order valence-corrected chi connectivity index (χ4v) is 2.97. The van der Waals surface area contributed by atoms with Crippen molar-refractivity contribution in [1.82, 2.24) is 5.16 Å². The van der Waals surface area contributed by atoms with Crippen molar-refractivity contribution in [3.05, 3.63) is 74.6 Å². The van der Waals surface area contributed by atoms with Crippen LogP contribution in [0.1, 0.15) is 32.9 Å². The lowest BCUT2D eigenvalue weighted by atomic mass is 10.1. The minimum Gasteiger partial charge on any atom is -0.488 e. The molecule has 1 heterocycles. The molecular weight excluding hydrogens is 387 g/mol. The predicted octanol–water partition coefficient (Wildman–Crippen LogP) is 5.74. The zero-order valence-corrected chi connectivity index (χ0v) is 16.6. The standard InChI is InChI=1S/C20H18Cl2N2O3/c1-11-5-4-6-12(2)19(11)26-10-15-13(3)27-24-18(15)20(25)23-14-7-8-16(21)17(22)9-14/h4-9H,10H2,1-3H3,(H,23,25). The van der Waals surface area contributed by atoms with Gasteiger partial charge in [-0.05, 0) is 50.1 Å². The zero-order chi connectivity index (χ0) is 19.6. The third kappa shape index (κ3) is 4.26. The van der Waals surface area contributed by atoms with Gasteiger partial charge < -0.3 is 14.6 Å². The molecule has 3 aromatic rings. The van der Waals surface area contributed by atoms with E-state index in [-0.39, 0.29) is 12.3 Å². The topological polar surface area (TPSA) is 64.4 Å². The van der Waals surface area contributed by atoms with Crippen LogP contribution in [0.15, 0.2) is 40.9 Å².